The topological polar surface area (TPSA) is 56.1 Å². The van der Waals surface area contributed by atoms with Crippen molar-refractivity contribution in [2.45, 2.75) is 12.3 Å². The van der Waals surface area contributed by atoms with Gasteiger partial charge in [-0.1, -0.05) is 24.3 Å². The number of carbonyl (C=O) groups is 1. The van der Waals surface area contributed by atoms with Crippen molar-refractivity contribution in [1.82, 2.24) is 9.55 Å². The number of amides is 1. The monoisotopic (exact) mass is 337 g/mol. The number of fused-ring (bicyclic) bond motifs is 1. The molecule has 0 fully saturated rings. The van der Waals surface area contributed by atoms with Crippen LogP contribution in [0, 0.1) is 5.82 Å². The van der Waals surface area contributed by atoms with Gasteiger partial charge in [-0.05, 0) is 24.3 Å². The maximum Gasteiger partial charge on any atom is 0.226 e. The van der Waals surface area contributed by atoms with Crippen LogP contribution in [0.2, 0.25) is 0 Å². The van der Waals surface area contributed by atoms with Gasteiger partial charge in [0.25, 0.3) is 0 Å². The van der Waals surface area contributed by atoms with Crippen LogP contribution in [0.4, 0.5) is 10.2 Å². The third-order valence-corrected chi connectivity index (χ3v) is 4.37. The van der Waals surface area contributed by atoms with Crippen LogP contribution in [0.5, 0.6) is 5.75 Å². The number of hydrogen-bond acceptors (Lipinski definition) is 3. The summed E-state index contributed by atoms with van der Waals surface area (Å²) in [6.45, 7) is 0. The van der Waals surface area contributed by atoms with Gasteiger partial charge in [-0.25, -0.2) is 9.37 Å². The van der Waals surface area contributed by atoms with Crippen LogP contribution >= 0.6 is 0 Å². The molecule has 1 unspecified atom stereocenters. The smallest absolute Gasteiger partial charge is 0.226 e. The zero-order chi connectivity index (χ0) is 17.4. The average molecular weight is 337 g/mol. The maximum absolute atomic E-state index is 13.6. The Labute approximate surface area is 144 Å². The fourth-order valence-corrected chi connectivity index (χ4v) is 3.24. The fraction of sp³-hybridized carbons (Fsp3) is 0.158. The van der Waals surface area contributed by atoms with Crippen molar-refractivity contribution in [3.8, 4) is 11.4 Å². The molecule has 4 rings (SSSR count). The highest BCUT2D eigenvalue weighted by molar-refractivity contribution is 5.94. The molecule has 2 heterocycles. The van der Waals surface area contributed by atoms with Gasteiger partial charge < -0.3 is 10.1 Å². The highest BCUT2D eigenvalue weighted by Gasteiger charge is 2.32. The Morgan fingerprint density at radius 1 is 1.24 bits per heavy atom. The van der Waals surface area contributed by atoms with E-state index < -0.39 is 0 Å². The van der Waals surface area contributed by atoms with Crippen LogP contribution in [-0.4, -0.2) is 22.6 Å². The summed E-state index contributed by atoms with van der Waals surface area (Å²) >= 11 is 0. The predicted octanol–water partition coefficient (Wildman–Crippen LogP) is 3.49. The molecular weight excluding hydrogens is 321 g/mol. The Hall–Kier alpha value is -3.15. The van der Waals surface area contributed by atoms with Gasteiger partial charge in [-0.2, -0.15) is 0 Å². The number of nitrogens with one attached hydrogen (secondary N) is 1. The summed E-state index contributed by atoms with van der Waals surface area (Å²) in [4.78, 5) is 16.8. The van der Waals surface area contributed by atoms with Crippen LogP contribution < -0.4 is 10.1 Å². The van der Waals surface area contributed by atoms with Crippen molar-refractivity contribution in [1.29, 1.82) is 0 Å². The number of methoxy groups -OCH3 is 1. The van der Waals surface area contributed by atoms with Gasteiger partial charge in [-0.3, -0.25) is 9.36 Å². The number of aromatic nitrogens is 2. The van der Waals surface area contributed by atoms with Crippen molar-refractivity contribution < 1.29 is 13.9 Å². The number of halogens is 1. The van der Waals surface area contributed by atoms with Gasteiger partial charge >= 0.3 is 0 Å². The Bertz CT molecular complexity index is 951. The molecule has 1 N–H and O–H groups in total. The quantitative estimate of drug-likeness (QED) is 0.796. The Morgan fingerprint density at radius 3 is 2.88 bits per heavy atom. The molecule has 0 radical (unpaired) electrons. The van der Waals surface area contributed by atoms with Gasteiger partial charge in [0.15, 0.2) is 0 Å². The number of nitrogens with zero attached hydrogens (tertiary/aromatic N) is 2. The SMILES string of the molecule is COc1ccccc1C1CC(=O)Nc2c1ncn2-c1cccc(F)c1. The molecule has 1 aromatic heterocycles. The van der Waals surface area contributed by atoms with Gasteiger partial charge in [0, 0.05) is 17.9 Å². The molecule has 1 atom stereocenters. The zero-order valence-electron chi connectivity index (χ0n) is 13.6. The minimum absolute atomic E-state index is 0.110. The van der Waals surface area contributed by atoms with Crippen molar-refractivity contribution in [2.24, 2.45) is 0 Å². The van der Waals surface area contributed by atoms with E-state index in [1.165, 1.54) is 12.1 Å². The van der Waals surface area contributed by atoms with E-state index in [1.54, 1.807) is 30.1 Å². The lowest BCUT2D eigenvalue weighted by Crippen LogP contribution is -2.25. The van der Waals surface area contributed by atoms with Crippen LogP contribution in [0.1, 0.15) is 23.6 Å². The van der Waals surface area contributed by atoms with E-state index in [9.17, 15) is 9.18 Å². The molecule has 126 valence electrons. The molecule has 1 amide bonds. The minimum Gasteiger partial charge on any atom is -0.496 e. The van der Waals surface area contributed by atoms with Gasteiger partial charge in [0.05, 0.1) is 18.5 Å². The van der Waals surface area contributed by atoms with E-state index >= 15 is 0 Å². The Balaban J connectivity index is 1.84. The first-order valence-corrected chi connectivity index (χ1v) is 7.93. The van der Waals surface area contributed by atoms with Crippen molar-refractivity contribution in [2.75, 3.05) is 12.4 Å². The molecule has 0 bridgehead atoms. The number of rotatable bonds is 3. The summed E-state index contributed by atoms with van der Waals surface area (Å²) < 4.78 is 20.7. The normalized spacial score (nSPS) is 16.2. The molecule has 5 nitrogen and oxygen atoms in total. The molecule has 1 aliphatic rings. The van der Waals surface area contributed by atoms with E-state index in [0.717, 1.165) is 11.3 Å². The first kappa shape index (κ1) is 15.4. The number of ether oxygens (including phenoxy) is 1. The van der Waals surface area contributed by atoms with Crippen LogP contribution in [-0.2, 0) is 4.79 Å². The molecule has 2 aromatic carbocycles. The molecule has 6 heteroatoms. The van der Waals surface area contributed by atoms with Crippen molar-refractivity contribution in [3.63, 3.8) is 0 Å². The molecule has 1 aliphatic heterocycles. The van der Waals surface area contributed by atoms with Gasteiger partial charge in [0.2, 0.25) is 5.91 Å². The van der Waals surface area contributed by atoms with Crippen molar-refractivity contribution in [3.05, 3.63) is 71.9 Å². The van der Waals surface area contributed by atoms with E-state index in [-0.39, 0.29) is 24.1 Å². The molecule has 0 spiro atoms. The summed E-state index contributed by atoms with van der Waals surface area (Å²) in [7, 11) is 1.61. The van der Waals surface area contributed by atoms with E-state index in [0.29, 0.717) is 17.3 Å². The number of imidazole rings is 1. The van der Waals surface area contributed by atoms with Gasteiger partial charge in [-0.15, -0.1) is 0 Å². The molecule has 0 aliphatic carbocycles. The molecule has 0 saturated carbocycles. The lowest BCUT2D eigenvalue weighted by molar-refractivity contribution is -0.116. The summed E-state index contributed by atoms with van der Waals surface area (Å²) in [5.74, 6) is 0.617. The molecule has 25 heavy (non-hydrogen) atoms. The second-order valence-corrected chi connectivity index (χ2v) is 5.88. The number of carbonyl (C=O) groups excluding carboxylic acids is 1. The summed E-state index contributed by atoms with van der Waals surface area (Å²) in [6.07, 6.45) is 1.89. The largest absolute Gasteiger partial charge is 0.496 e. The third kappa shape index (κ3) is 2.65. The van der Waals surface area contributed by atoms with E-state index in [2.05, 4.69) is 10.3 Å². The first-order valence-electron chi connectivity index (χ1n) is 7.93. The predicted molar refractivity (Wildman–Crippen MR) is 91.6 cm³/mol. The number of anilines is 1. The van der Waals surface area contributed by atoms with E-state index in [4.69, 9.17) is 4.74 Å². The second kappa shape index (κ2) is 6.05. The zero-order valence-corrected chi connectivity index (χ0v) is 13.6. The summed E-state index contributed by atoms with van der Waals surface area (Å²) in [5.41, 5.74) is 2.26. The molecule has 3 aromatic rings. The third-order valence-electron chi connectivity index (χ3n) is 4.37. The Morgan fingerprint density at radius 2 is 2.08 bits per heavy atom. The summed E-state index contributed by atoms with van der Waals surface area (Å²) in [6, 6.07) is 13.8. The standard InChI is InChI=1S/C19H16FN3O2/c1-25-16-8-3-2-7-14(16)15-10-17(24)22-19-18(15)21-11-23(19)13-6-4-5-12(20)9-13/h2-9,11,15H,10H2,1H3,(H,22,24). The van der Waals surface area contributed by atoms with Gasteiger partial charge in [0.1, 0.15) is 23.7 Å². The second-order valence-electron chi connectivity index (χ2n) is 5.88. The Kier molecular flexibility index (Phi) is 3.72. The van der Waals surface area contributed by atoms with Crippen molar-refractivity contribution >= 4 is 11.7 Å². The minimum atomic E-state index is -0.344. The highest BCUT2D eigenvalue weighted by atomic mass is 19.1. The average Bonchev–Trinajstić information content (AvgIpc) is 3.04. The maximum atomic E-state index is 13.6. The highest BCUT2D eigenvalue weighted by Crippen LogP contribution is 2.40. The van der Waals surface area contributed by atoms with Crippen LogP contribution in [0.25, 0.3) is 5.69 Å². The van der Waals surface area contributed by atoms with E-state index in [1.807, 2.05) is 24.3 Å². The number of hydrogen-bond donors (Lipinski definition) is 1. The lowest BCUT2D eigenvalue weighted by Gasteiger charge is -2.24. The molecular formula is C19H16FN3O2. The number of benzene rings is 2. The van der Waals surface area contributed by atoms with Crippen LogP contribution in [0.15, 0.2) is 54.9 Å². The molecule has 0 saturated heterocycles. The number of para-hydroxylation sites is 1. The fourth-order valence-electron chi connectivity index (χ4n) is 3.24. The summed E-state index contributed by atoms with van der Waals surface area (Å²) in [5, 5.41) is 2.86. The lowest BCUT2D eigenvalue weighted by atomic mass is 9.89. The van der Waals surface area contributed by atoms with Crippen LogP contribution in [0.3, 0.4) is 0 Å². The first-order chi connectivity index (χ1) is 12.2.